The van der Waals surface area contributed by atoms with Crippen molar-refractivity contribution in [2.24, 2.45) is 13.0 Å². The summed E-state index contributed by atoms with van der Waals surface area (Å²) in [6.45, 7) is 1.12. The van der Waals surface area contributed by atoms with E-state index in [4.69, 9.17) is 0 Å². The molecule has 3 aromatic rings. The topological polar surface area (TPSA) is 55.2 Å². The van der Waals surface area contributed by atoms with Gasteiger partial charge in [-0.05, 0) is 30.7 Å². The molecule has 0 radical (unpaired) electrons. The molecule has 6 heteroatoms. The number of aryl methyl sites for hydroxylation is 1. The van der Waals surface area contributed by atoms with Crippen LogP contribution in [0.3, 0.4) is 0 Å². The number of sulfonamides is 1. The number of rotatable bonds is 5. The Kier molecular flexibility index (Phi) is 5.33. The molecule has 0 bridgehead atoms. The van der Waals surface area contributed by atoms with Gasteiger partial charge in [-0.3, -0.25) is 4.68 Å². The van der Waals surface area contributed by atoms with E-state index in [-0.39, 0.29) is 0 Å². The Morgan fingerprint density at radius 2 is 1.57 bits per heavy atom. The minimum absolute atomic E-state index is 0.294. The van der Waals surface area contributed by atoms with Gasteiger partial charge in [-0.15, -0.1) is 0 Å². The Labute approximate surface area is 166 Å². The lowest BCUT2D eigenvalue weighted by Gasteiger charge is -2.31. The summed E-state index contributed by atoms with van der Waals surface area (Å²) in [6, 6.07) is 19.9. The monoisotopic (exact) mass is 395 g/mol. The van der Waals surface area contributed by atoms with Crippen LogP contribution in [-0.4, -0.2) is 35.6 Å². The highest BCUT2D eigenvalue weighted by molar-refractivity contribution is 7.89. The SMILES string of the molecule is Cn1cc(S(=O)(=O)N2CCC(Cc3ccccc3)CC2)c(-c2ccccc2)n1. The van der Waals surface area contributed by atoms with E-state index in [2.05, 4.69) is 29.4 Å². The van der Waals surface area contributed by atoms with Crippen LogP contribution >= 0.6 is 0 Å². The maximum absolute atomic E-state index is 13.3. The number of hydrogen-bond acceptors (Lipinski definition) is 3. The van der Waals surface area contributed by atoms with Crippen LogP contribution in [0.15, 0.2) is 71.8 Å². The van der Waals surface area contributed by atoms with Gasteiger partial charge in [0, 0.05) is 31.9 Å². The zero-order valence-electron chi connectivity index (χ0n) is 16.0. The Balaban J connectivity index is 1.51. The van der Waals surface area contributed by atoms with Crippen molar-refractivity contribution in [2.45, 2.75) is 24.2 Å². The van der Waals surface area contributed by atoms with Crippen molar-refractivity contribution >= 4 is 10.0 Å². The van der Waals surface area contributed by atoms with Crippen molar-refractivity contribution in [3.05, 3.63) is 72.4 Å². The summed E-state index contributed by atoms with van der Waals surface area (Å²) in [7, 11) is -1.80. The van der Waals surface area contributed by atoms with Gasteiger partial charge < -0.3 is 0 Å². The molecule has 0 N–H and O–H groups in total. The second-order valence-corrected chi connectivity index (χ2v) is 9.33. The minimum Gasteiger partial charge on any atom is -0.274 e. The molecule has 1 saturated heterocycles. The molecule has 4 rings (SSSR count). The highest BCUT2D eigenvalue weighted by Crippen LogP contribution is 2.31. The molecule has 28 heavy (non-hydrogen) atoms. The van der Waals surface area contributed by atoms with Crippen molar-refractivity contribution in [1.82, 2.24) is 14.1 Å². The number of hydrogen-bond donors (Lipinski definition) is 0. The smallest absolute Gasteiger partial charge is 0.246 e. The molecule has 1 aliphatic heterocycles. The molecule has 2 heterocycles. The minimum atomic E-state index is -3.57. The summed E-state index contributed by atoms with van der Waals surface area (Å²) in [5.41, 5.74) is 2.66. The largest absolute Gasteiger partial charge is 0.274 e. The first-order valence-corrected chi connectivity index (χ1v) is 11.1. The zero-order valence-corrected chi connectivity index (χ0v) is 16.8. The van der Waals surface area contributed by atoms with Crippen LogP contribution in [0, 0.1) is 5.92 Å². The molecule has 146 valence electrons. The Hall–Kier alpha value is -2.44. The van der Waals surface area contributed by atoms with Gasteiger partial charge in [0.05, 0.1) is 0 Å². The van der Waals surface area contributed by atoms with Crippen molar-refractivity contribution in [2.75, 3.05) is 13.1 Å². The lowest BCUT2D eigenvalue weighted by Crippen LogP contribution is -2.39. The van der Waals surface area contributed by atoms with Crippen LogP contribution in [-0.2, 0) is 23.5 Å². The first-order chi connectivity index (χ1) is 13.5. The quantitative estimate of drug-likeness (QED) is 0.661. The van der Waals surface area contributed by atoms with E-state index >= 15 is 0 Å². The molecule has 1 fully saturated rings. The van der Waals surface area contributed by atoms with Gasteiger partial charge in [0.15, 0.2) is 0 Å². The standard InChI is InChI=1S/C22H25N3O2S/c1-24-17-21(22(23-24)20-10-6-3-7-11-20)28(26,27)25-14-12-19(13-15-25)16-18-8-4-2-5-9-18/h2-11,17,19H,12-16H2,1H3. The highest BCUT2D eigenvalue weighted by Gasteiger charge is 2.32. The summed E-state index contributed by atoms with van der Waals surface area (Å²) < 4.78 is 29.9. The van der Waals surface area contributed by atoms with E-state index in [1.165, 1.54) is 5.56 Å². The van der Waals surface area contributed by atoms with E-state index in [0.717, 1.165) is 24.8 Å². The van der Waals surface area contributed by atoms with Gasteiger partial charge in [0.2, 0.25) is 10.0 Å². The average molecular weight is 396 g/mol. The first-order valence-electron chi connectivity index (χ1n) is 9.67. The average Bonchev–Trinajstić information content (AvgIpc) is 3.13. The van der Waals surface area contributed by atoms with Crippen molar-refractivity contribution in [1.29, 1.82) is 0 Å². The molecule has 0 spiro atoms. The molecule has 0 atom stereocenters. The van der Waals surface area contributed by atoms with Crippen molar-refractivity contribution in [3.8, 4) is 11.3 Å². The summed E-state index contributed by atoms with van der Waals surface area (Å²) >= 11 is 0. The van der Waals surface area contributed by atoms with Crippen LogP contribution in [0.1, 0.15) is 18.4 Å². The molecule has 0 amide bonds. The van der Waals surface area contributed by atoms with E-state index in [1.54, 1.807) is 22.2 Å². The molecule has 0 unspecified atom stereocenters. The first kappa shape index (κ1) is 18.9. The highest BCUT2D eigenvalue weighted by atomic mass is 32.2. The van der Waals surface area contributed by atoms with Gasteiger partial charge in [-0.25, -0.2) is 8.42 Å². The van der Waals surface area contributed by atoms with Gasteiger partial charge in [-0.1, -0.05) is 60.7 Å². The Morgan fingerprint density at radius 1 is 0.964 bits per heavy atom. The van der Waals surface area contributed by atoms with Gasteiger partial charge in [-0.2, -0.15) is 9.40 Å². The molecular weight excluding hydrogens is 370 g/mol. The third-order valence-electron chi connectivity index (χ3n) is 5.40. The lowest BCUT2D eigenvalue weighted by atomic mass is 9.91. The number of piperidine rings is 1. The van der Waals surface area contributed by atoms with Gasteiger partial charge in [0.1, 0.15) is 10.6 Å². The maximum atomic E-state index is 13.3. The van der Waals surface area contributed by atoms with Crippen LogP contribution in [0.4, 0.5) is 0 Å². The summed E-state index contributed by atoms with van der Waals surface area (Å²) in [5, 5.41) is 4.42. The third kappa shape index (κ3) is 3.88. The van der Waals surface area contributed by atoms with E-state index < -0.39 is 10.0 Å². The summed E-state index contributed by atoms with van der Waals surface area (Å²) in [5.74, 6) is 0.524. The Bertz CT molecular complexity index is 1020. The molecule has 0 aliphatic carbocycles. The van der Waals surface area contributed by atoms with Crippen LogP contribution in [0.25, 0.3) is 11.3 Å². The predicted octanol–water partition coefficient (Wildman–Crippen LogP) is 3.73. The maximum Gasteiger partial charge on any atom is 0.246 e. The number of benzene rings is 2. The van der Waals surface area contributed by atoms with Crippen molar-refractivity contribution < 1.29 is 8.42 Å². The molecule has 5 nitrogen and oxygen atoms in total. The molecule has 1 aliphatic rings. The molecule has 1 aromatic heterocycles. The second kappa shape index (κ2) is 7.89. The summed E-state index contributed by atoms with van der Waals surface area (Å²) in [4.78, 5) is 0.294. The molecular formula is C22H25N3O2S. The normalized spacial score (nSPS) is 16.3. The van der Waals surface area contributed by atoms with Crippen LogP contribution < -0.4 is 0 Å². The fourth-order valence-electron chi connectivity index (χ4n) is 3.89. The van der Waals surface area contributed by atoms with Crippen molar-refractivity contribution in [3.63, 3.8) is 0 Å². The fraction of sp³-hybridized carbons (Fsp3) is 0.318. The van der Waals surface area contributed by atoms with Crippen LogP contribution in [0.2, 0.25) is 0 Å². The van der Waals surface area contributed by atoms with E-state index in [0.29, 0.717) is 29.6 Å². The number of aromatic nitrogens is 2. The van der Waals surface area contributed by atoms with E-state index in [1.807, 2.05) is 36.4 Å². The molecule has 0 saturated carbocycles. The van der Waals surface area contributed by atoms with Gasteiger partial charge >= 0.3 is 0 Å². The van der Waals surface area contributed by atoms with Crippen LogP contribution in [0.5, 0.6) is 0 Å². The molecule has 2 aromatic carbocycles. The zero-order chi connectivity index (χ0) is 19.6. The summed E-state index contributed by atoms with van der Waals surface area (Å²) in [6.07, 6.45) is 4.40. The second-order valence-electron chi connectivity index (χ2n) is 7.42. The van der Waals surface area contributed by atoms with E-state index in [9.17, 15) is 8.42 Å². The lowest BCUT2D eigenvalue weighted by molar-refractivity contribution is 0.273. The number of nitrogens with zero attached hydrogens (tertiary/aromatic N) is 3. The predicted molar refractivity (Wildman–Crippen MR) is 110 cm³/mol. The third-order valence-corrected chi connectivity index (χ3v) is 7.30. The van der Waals surface area contributed by atoms with Gasteiger partial charge in [0.25, 0.3) is 0 Å². The fourth-order valence-corrected chi connectivity index (χ4v) is 5.55. The Morgan fingerprint density at radius 3 is 2.21 bits per heavy atom.